The Bertz CT molecular complexity index is 2520. The molecule has 14 aliphatic rings. The summed E-state index contributed by atoms with van der Waals surface area (Å²) in [6.07, 6.45) is 14.8. The van der Waals surface area contributed by atoms with Crippen LogP contribution in [0.4, 0.5) is 0 Å². The Balaban J connectivity index is 0.823. The number of aliphatic hydroxyl groups is 2. The zero-order valence-electron chi connectivity index (χ0n) is 44.3. The lowest BCUT2D eigenvalue weighted by Gasteiger charge is -2.75. The Kier molecular flexibility index (Phi) is 9.33. The number of rotatable bonds is 13. The molecule has 10 heteroatoms. The van der Waals surface area contributed by atoms with Crippen LogP contribution in [0.25, 0.3) is 0 Å². The molecule has 0 amide bonds. The Morgan fingerprint density at radius 3 is 1.56 bits per heavy atom. The van der Waals surface area contributed by atoms with Gasteiger partial charge in [-0.3, -0.25) is 9.80 Å². The van der Waals surface area contributed by atoms with Crippen LogP contribution in [0.5, 0.6) is 23.0 Å². The van der Waals surface area contributed by atoms with E-state index >= 15 is 0 Å². The second kappa shape index (κ2) is 14.2. The molecule has 2 aromatic carbocycles. The van der Waals surface area contributed by atoms with E-state index in [1.54, 1.807) is 7.11 Å². The largest absolute Gasteiger partial charge is 0.493 e. The second-order valence-electron chi connectivity index (χ2n) is 28.2. The van der Waals surface area contributed by atoms with Gasteiger partial charge in [-0.05, 0) is 163 Å². The number of likely N-dealkylation sites (tertiary alicyclic amines) is 2. The summed E-state index contributed by atoms with van der Waals surface area (Å²) in [5.41, 5.74) is 0.936. The standard InChI is InChI=1S/C60H84N2O8/c1-51(2,3)53(7,63)41-31-55-19-21-59(41,66-10)49-57(55)23-25-61(33-35-11-12-35)43(55)30-38-16-18-40(48(70-49)46(38)57)67-27-28-68-60-22-20-56(32-42(60)54(8,64)52(4,5)6)44-29-37-15-17-39(65-9)47-45(37)58(56,50(60)69-47)24-26-62(44)34-36-13-14-36/h15-18,35-36,41-44,49-50,63-64H,11-14,19-34H2,1-10H3/t41?,42-,43-,44-,49+,50+,53+,54+,55-,56-,57+,58+,59+,60+/m1/s1. The van der Waals surface area contributed by atoms with Crippen molar-refractivity contribution in [3.63, 3.8) is 0 Å². The van der Waals surface area contributed by atoms with Gasteiger partial charge >= 0.3 is 0 Å². The van der Waals surface area contributed by atoms with Crippen molar-refractivity contribution >= 4 is 0 Å². The van der Waals surface area contributed by atoms with Crippen LogP contribution in [0, 0.1) is 45.3 Å². The summed E-state index contributed by atoms with van der Waals surface area (Å²) in [4.78, 5) is 5.77. The average Bonchev–Trinajstić information content (AvgIpc) is 4.25. The first-order valence-corrected chi connectivity index (χ1v) is 28.1. The predicted octanol–water partition coefficient (Wildman–Crippen LogP) is 9.19. The first kappa shape index (κ1) is 46.0. The zero-order chi connectivity index (χ0) is 48.6. The molecule has 16 rings (SSSR count). The molecule has 4 heterocycles. The number of hydrogen-bond donors (Lipinski definition) is 2. The minimum Gasteiger partial charge on any atom is -0.493 e. The third kappa shape index (κ3) is 5.29. The monoisotopic (exact) mass is 961 g/mol. The van der Waals surface area contributed by atoms with E-state index in [4.69, 9.17) is 28.4 Å². The second-order valence-corrected chi connectivity index (χ2v) is 28.2. The van der Waals surface area contributed by atoms with Gasteiger partial charge in [-0.25, -0.2) is 0 Å². The summed E-state index contributed by atoms with van der Waals surface area (Å²) in [7, 11) is 3.67. The minimum absolute atomic E-state index is 0.0344. The summed E-state index contributed by atoms with van der Waals surface area (Å²) in [6.45, 7) is 22.6. The van der Waals surface area contributed by atoms with E-state index in [1.807, 2.05) is 7.11 Å². The van der Waals surface area contributed by atoms with Gasteiger partial charge in [0.25, 0.3) is 0 Å². The first-order valence-electron chi connectivity index (χ1n) is 28.1. The number of ether oxygens (including phenoxy) is 6. The van der Waals surface area contributed by atoms with Crippen LogP contribution >= 0.6 is 0 Å². The summed E-state index contributed by atoms with van der Waals surface area (Å²) in [6, 6.07) is 9.85. The third-order valence-electron chi connectivity index (χ3n) is 24.2. The summed E-state index contributed by atoms with van der Waals surface area (Å²) in [5.74, 6) is 4.83. The van der Waals surface area contributed by atoms with Crippen molar-refractivity contribution in [3.05, 3.63) is 46.5 Å². The molecule has 4 aliphatic heterocycles. The number of hydrogen-bond acceptors (Lipinski definition) is 10. The third-order valence-corrected chi connectivity index (χ3v) is 24.2. The maximum absolute atomic E-state index is 13.2. The van der Waals surface area contributed by atoms with Gasteiger partial charge in [-0.2, -0.15) is 0 Å². The minimum atomic E-state index is -1.04. The Labute approximate surface area is 418 Å². The zero-order valence-corrected chi connectivity index (χ0v) is 44.3. The highest BCUT2D eigenvalue weighted by Crippen LogP contribution is 2.80. The number of benzene rings is 2. The summed E-state index contributed by atoms with van der Waals surface area (Å²) >= 11 is 0. The highest BCUT2D eigenvalue weighted by molar-refractivity contribution is 5.65. The van der Waals surface area contributed by atoms with Crippen LogP contribution < -0.4 is 18.9 Å². The van der Waals surface area contributed by atoms with Gasteiger partial charge in [-0.1, -0.05) is 53.7 Å². The van der Waals surface area contributed by atoms with Crippen LogP contribution in [-0.2, 0) is 33.1 Å². The van der Waals surface area contributed by atoms with Gasteiger partial charge in [0, 0.05) is 76.9 Å². The fraction of sp³-hybridized carbons (Fsp3) is 0.800. The van der Waals surface area contributed by atoms with Crippen molar-refractivity contribution in [1.29, 1.82) is 0 Å². The van der Waals surface area contributed by atoms with Crippen molar-refractivity contribution in [2.45, 2.75) is 203 Å². The molecular weight excluding hydrogens is 877 g/mol. The maximum atomic E-state index is 13.2. The van der Waals surface area contributed by atoms with Crippen LogP contribution in [0.1, 0.15) is 155 Å². The molecule has 14 atom stereocenters. The molecule has 0 aromatic heterocycles. The van der Waals surface area contributed by atoms with E-state index in [1.165, 1.54) is 61.0 Å². The van der Waals surface area contributed by atoms with Crippen molar-refractivity contribution in [1.82, 2.24) is 9.80 Å². The lowest BCUT2D eigenvalue weighted by atomic mass is 9.33. The molecule has 2 N–H and O–H groups in total. The van der Waals surface area contributed by atoms with E-state index in [-0.39, 0.29) is 51.1 Å². The average molecular weight is 961 g/mol. The number of methoxy groups -OCH3 is 2. The van der Waals surface area contributed by atoms with Crippen LogP contribution in [-0.4, -0.2) is 120 Å². The lowest BCUT2D eigenvalue weighted by Crippen LogP contribution is -2.83. The summed E-state index contributed by atoms with van der Waals surface area (Å²) < 4.78 is 43.0. The Morgan fingerprint density at radius 1 is 0.600 bits per heavy atom. The maximum Gasteiger partial charge on any atom is 0.165 e. The normalized spacial score (nSPS) is 43.1. The molecule has 70 heavy (non-hydrogen) atoms. The molecule has 10 fully saturated rings. The molecule has 2 saturated heterocycles. The molecule has 10 aliphatic carbocycles. The van der Waals surface area contributed by atoms with E-state index in [0.29, 0.717) is 25.3 Å². The number of fused-ring (bicyclic) bond motifs is 4. The van der Waals surface area contributed by atoms with Gasteiger partial charge < -0.3 is 38.6 Å². The molecule has 0 radical (unpaired) electrons. The molecule has 382 valence electrons. The van der Waals surface area contributed by atoms with Crippen molar-refractivity contribution in [3.8, 4) is 23.0 Å². The highest BCUT2D eigenvalue weighted by atomic mass is 16.6. The van der Waals surface area contributed by atoms with Gasteiger partial charge in [-0.15, -0.1) is 0 Å². The van der Waals surface area contributed by atoms with Gasteiger partial charge in [0.1, 0.15) is 30.0 Å². The quantitative estimate of drug-likeness (QED) is 0.189. The number of nitrogens with zero attached hydrogens (tertiary/aromatic N) is 2. The van der Waals surface area contributed by atoms with Gasteiger partial charge in [0.2, 0.25) is 0 Å². The highest BCUT2D eigenvalue weighted by Gasteiger charge is 2.84. The smallest absolute Gasteiger partial charge is 0.165 e. The van der Waals surface area contributed by atoms with E-state index in [0.717, 1.165) is 112 Å². The Morgan fingerprint density at radius 2 is 1.07 bits per heavy atom. The topological polar surface area (TPSA) is 102 Å². The predicted molar refractivity (Wildman–Crippen MR) is 268 cm³/mol. The molecule has 10 nitrogen and oxygen atoms in total. The van der Waals surface area contributed by atoms with Crippen molar-refractivity contribution < 1.29 is 38.6 Å². The lowest BCUT2D eigenvalue weighted by molar-refractivity contribution is -0.319. The summed E-state index contributed by atoms with van der Waals surface area (Å²) in [5, 5.41) is 26.0. The number of piperidine rings is 2. The molecule has 4 spiro atoms. The van der Waals surface area contributed by atoms with Crippen molar-refractivity contribution in [2.24, 2.45) is 45.3 Å². The first-order chi connectivity index (χ1) is 33.2. The fourth-order valence-corrected chi connectivity index (χ4v) is 19.7. The van der Waals surface area contributed by atoms with Crippen molar-refractivity contribution in [2.75, 3.05) is 53.6 Å². The van der Waals surface area contributed by atoms with E-state index < -0.39 is 27.8 Å². The molecule has 8 saturated carbocycles. The fourth-order valence-electron chi connectivity index (χ4n) is 19.7. The molecule has 8 bridgehead atoms. The van der Waals surface area contributed by atoms with Gasteiger partial charge in [0.05, 0.1) is 24.9 Å². The SMILES string of the molecule is COc1ccc2c3c1O[C@@H]1[C@]4(OCCOc5ccc6c7c5O[C@@H]5[C@]8(OC)CC[C@@]9(CC8[C@](C)(O)C(C)(C)C)[C@@H](C6)N(CC6CC6)CC[C@]759)CC[C@@]5(C[C@@H]4[C@](C)(O)C(C)(C)C)[C@@H](C2)N(CC2CC2)CC[C@]315. The Hall–Kier alpha value is -2.60. The van der Waals surface area contributed by atoms with Crippen LogP contribution in [0.15, 0.2) is 24.3 Å². The van der Waals surface area contributed by atoms with Crippen LogP contribution in [0.3, 0.4) is 0 Å². The molecule has 2 aromatic rings. The van der Waals surface area contributed by atoms with E-state index in [2.05, 4.69) is 89.5 Å². The van der Waals surface area contributed by atoms with Crippen LogP contribution in [0.2, 0.25) is 0 Å². The molecule has 1 unspecified atom stereocenters. The van der Waals surface area contributed by atoms with Gasteiger partial charge in [0.15, 0.2) is 23.0 Å². The molecular formula is C60H84N2O8. The van der Waals surface area contributed by atoms with E-state index in [9.17, 15) is 10.2 Å².